The first-order chi connectivity index (χ1) is 16.0. The van der Waals surface area contributed by atoms with Crippen molar-refractivity contribution in [3.05, 3.63) is 53.9 Å². The summed E-state index contributed by atoms with van der Waals surface area (Å²) in [5, 5.41) is 3.18. The highest BCUT2D eigenvalue weighted by Gasteiger charge is 2.38. The summed E-state index contributed by atoms with van der Waals surface area (Å²) in [5.41, 5.74) is 1.96. The lowest BCUT2D eigenvalue weighted by molar-refractivity contribution is -0.133. The number of nitrogens with one attached hydrogen (secondary N) is 1. The SMILES string of the molecule is COc1ccc(CC2(CCC(=O)N3CCC(c4ccncc4)CC3)CCC(=O)N2)cc1OC. The molecule has 1 N–H and O–H groups in total. The van der Waals surface area contributed by atoms with Gasteiger partial charge in [-0.15, -0.1) is 0 Å². The van der Waals surface area contributed by atoms with Gasteiger partial charge in [-0.1, -0.05) is 6.07 Å². The van der Waals surface area contributed by atoms with Crippen LogP contribution < -0.4 is 14.8 Å². The first kappa shape index (κ1) is 23.1. The van der Waals surface area contributed by atoms with E-state index in [1.807, 2.05) is 35.5 Å². The van der Waals surface area contributed by atoms with Gasteiger partial charge in [-0.25, -0.2) is 0 Å². The zero-order valence-corrected chi connectivity index (χ0v) is 19.5. The summed E-state index contributed by atoms with van der Waals surface area (Å²) in [5.74, 6) is 2.07. The molecule has 0 aliphatic carbocycles. The molecule has 2 saturated heterocycles. The summed E-state index contributed by atoms with van der Waals surface area (Å²) in [6, 6.07) is 9.98. The Balaban J connectivity index is 1.36. The van der Waals surface area contributed by atoms with Gasteiger partial charge < -0.3 is 19.7 Å². The van der Waals surface area contributed by atoms with Crippen molar-refractivity contribution in [1.29, 1.82) is 0 Å². The molecule has 2 amide bonds. The average Bonchev–Trinajstić information content (AvgIpc) is 3.23. The number of piperidine rings is 1. The van der Waals surface area contributed by atoms with Gasteiger partial charge in [0.25, 0.3) is 0 Å². The number of likely N-dealkylation sites (tertiary alicyclic amines) is 1. The second-order valence-corrected chi connectivity index (χ2v) is 9.13. The summed E-state index contributed by atoms with van der Waals surface area (Å²) < 4.78 is 10.8. The van der Waals surface area contributed by atoms with Gasteiger partial charge in [0.05, 0.1) is 14.2 Å². The third-order valence-corrected chi connectivity index (χ3v) is 7.07. The Morgan fingerprint density at radius 3 is 2.48 bits per heavy atom. The van der Waals surface area contributed by atoms with Crippen molar-refractivity contribution >= 4 is 11.8 Å². The molecule has 7 heteroatoms. The standard InChI is InChI=1S/C26H33N3O4/c1-32-22-4-3-19(17-23(22)33-2)18-26(11-5-24(30)28-26)12-6-25(31)29-15-9-21(10-16-29)20-7-13-27-14-8-20/h3-4,7-8,13-14,17,21H,5-6,9-12,15-16,18H2,1-2H3,(H,28,30). The van der Waals surface area contributed by atoms with Gasteiger partial charge in [0.2, 0.25) is 11.8 Å². The van der Waals surface area contributed by atoms with Gasteiger partial charge >= 0.3 is 0 Å². The lowest BCUT2D eigenvalue weighted by Gasteiger charge is -2.34. The number of carbonyl (C=O) groups is 2. The van der Waals surface area contributed by atoms with E-state index in [1.54, 1.807) is 14.2 Å². The van der Waals surface area contributed by atoms with E-state index in [-0.39, 0.29) is 11.8 Å². The van der Waals surface area contributed by atoms with Crippen LogP contribution >= 0.6 is 0 Å². The lowest BCUT2D eigenvalue weighted by Crippen LogP contribution is -2.45. The fourth-order valence-corrected chi connectivity index (χ4v) is 5.17. The molecule has 176 valence electrons. The minimum atomic E-state index is -0.401. The monoisotopic (exact) mass is 451 g/mol. The van der Waals surface area contributed by atoms with Crippen LogP contribution in [0.25, 0.3) is 0 Å². The van der Waals surface area contributed by atoms with E-state index in [0.717, 1.165) is 37.9 Å². The second kappa shape index (κ2) is 10.2. The van der Waals surface area contributed by atoms with Crippen LogP contribution in [0.4, 0.5) is 0 Å². The van der Waals surface area contributed by atoms with Gasteiger partial charge in [0.15, 0.2) is 11.5 Å². The third kappa shape index (κ3) is 5.46. The molecule has 7 nitrogen and oxygen atoms in total. The highest BCUT2D eigenvalue weighted by atomic mass is 16.5. The van der Waals surface area contributed by atoms with Gasteiger partial charge in [-0.2, -0.15) is 0 Å². The van der Waals surface area contributed by atoms with Crippen molar-refractivity contribution in [2.75, 3.05) is 27.3 Å². The topological polar surface area (TPSA) is 80.8 Å². The second-order valence-electron chi connectivity index (χ2n) is 9.13. The van der Waals surface area contributed by atoms with Gasteiger partial charge in [-0.3, -0.25) is 14.6 Å². The summed E-state index contributed by atoms with van der Waals surface area (Å²) >= 11 is 0. The quantitative estimate of drug-likeness (QED) is 0.665. The lowest BCUT2D eigenvalue weighted by atomic mass is 9.84. The van der Waals surface area contributed by atoms with E-state index in [2.05, 4.69) is 22.4 Å². The number of carbonyl (C=O) groups excluding carboxylic acids is 2. The zero-order valence-electron chi connectivity index (χ0n) is 19.5. The molecular weight excluding hydrogens is 418 g/mol. The van der Waals surface area contributed by atoms with Crippen LogP contribution in [0, 0.1) is 0 Å². The normalized spacial score (nSPS) is 21.0. The van der Waals surface area contributed by atoms with E-state index < -0.39 is 5.54 Å². The van der Waals surface area contributed by atoms with E-state index in [1.165, 1.54) is 5.56 Å². The number of rotatable bonds is 8. The molecule has 4 rings (SSSR count). The number of pyridine rings is 1. The fourth-order valence-electron chi connectivity index (χ4n) is 5.17. The van der Waals surface area contributed by atoms with Crippen molar-refractivity contribution in [1.82, 2.24) is 15.2 Å². The average molecular weight is 452 g/mol. The van der Waals surface area contributed by atoms with Crippen LogP contribution in [0.3, 0.4) is 0 Å². The van der Waals surface area contributed by atoms with E-state index >= 15 is 0 Å². The Hall–Kier alpha value is -3.09. The van der Waals surface area contributed by atoms with Crippen molar-refractivity contribution in [3.63, 3.8) is 0 Å². The molecule has 1 atom stereocenters. The first-order valence-corrected chi connectivity index (χ1v) is 11.7. The number of aromatic nitrogens is 1. The molecule has 2 aliphatic heterocycles. The van der Waals surface area contributed by atoms with E-state index in [0.29, 0.717) is 43.1 Å². The predicted molar refractivity (Wildman–Crippen MR) is 125 cm³/mol. The Kier molecular flexibility index (Phi) is 7.16. The van der Waals surface area contributed by atoms with Crippen LogP contribution in [-0.4, -0.2) is 54.5 Å². The molecule has 33 heavy (non-hydrogen) atoms. The number of hydrogen-bond donors (Lipinski definition) is 1. The molecule has 2 aromatic rings. The Morgan fingerprint density at radius 2 is 1.85 bits per heavy atom. The van der Waals surface area contributed by atoms with Gasteiger partial charge in [0, 0.05) is 43.9 Å². The maximum absolute atomic E-state index is 13.0. The largest absolute Gasteiger partial charge is 0.493 e. The zero-order chi connectivity index (χ0) is 23.3. The van der Waals surface area contributed by atoms with Crippen LogP contribution in [0.15, 0.2) is 42.7 Å². The number of nitrogens with zero attached hydrogens (tertiary/aromatic N) is 2. The highest BCUT2D eigenvalue weighted by molar-refractivity contribution is 5.80. The first-order valence-electron chi connectivity index (χ1n) is 11.7. The molecule has 0 radical (unpaired) electrons. The molecule has 3 heterocycles. The summed E-state index contributed by atoms with van der Waals surface area (Å²) in [4.78, 5) is 31.2. The van der Waals surface area contributed by atoms with Gasteiger partial charge in [0.1, 0.15) is 0 Å². The molecule has 1 aromatic carbocycles. The van der Waals surface area contributed by atoms with Crippen LogP contribution in [0.1, 0.15) is 55.6 Å². The third-order valence-electron chi connectivity index (χ3n) is 7.07. The maximum Gasteiger partial charge on any atom is 0.222 e. The molecule has 2 aliphatic rings. The Bertz CT molecular complexity index is 973. The van der Waals surface area contributed by atoms with Crippen LogP contribution in [-0.2, 0) is 16.0 Å². The maximum atomic E-state index is 13.0. The van der Waals surface area contributed by atoms with Crippen molar-refractivity contribution in [2.45, 2.75) is 56.4 Å². The van der Waals surface area contributed by atoms with Crippen LogP contribution in [0.5, 0.6) is 11.5 Å². The summed E-state index contributed by atoms with van der Waals surface area (Å²) in [6.07, 6.45) is 8.59. The Labute approximate surface area is 195 Å². The van der Waals surface area contributed by atoms with E-state index in [9.17, 15) is 9.59 Å². The molecule has 0 bridgehead atoms. The fraction of sp³-hybridized carbons (Fsp3) is 0.500. The molecular formula is C26H33N3O4. The summed E-state index contributed by atoms with van der Waals surface area (Å²) in [6.45, 7) is 1.56. The molecule has 1 unspecified atom stereocenters. The minimum Gasteiger partial charge on any atom is -0.493 e. The minimum absolute atomic E-state index is 0.0566. The molecule has 0 saturated carbocycles. The molecule has 0 spiro atoms. The smallest absolute Gasteiger partial charge is 0.222 e. The number of benzene rings is 1. The highest BCUT2D eigenvalue weighted by Crippen LogP contribution is 2.34. The van der Waals surface area contributed by atoms with Crippen molar-refractivity contribution in [2.24, 2.45) is 0 Å². The summed E-state index contributed by atoms with van der Waals surface area (Å²) in [7, 11) is 3.23. The van der Waals surface area contributed by atoms with Gasteiger partial charge in [-0.05, 0) is 73.4 Å². The number of amides is 2. The Morgan fingerprint density at radius 1 is 1.12 bits per heavy atom. The van der Waals surface area contributed by atoms with Crippen LogP contribution in [0.2, 0.25) is 0 Å². The molecule has 2 fully saturated rings. The van der Waals surface area contributed by atoms with Crippen molar-refractivity contribution < 1.29 is 19.1 Å². The van der Waals surface area contributed by atoms with E-state index in [4.69, 9.17) is 9.47 Å². The predicted octanol–water partition coefficient (Wildman–Crippen LogP) is 3.48. The number of methoxy groups -OCH3 is 2. The number of hydrogen-bond acceptors (Lipinski definition) is 5. The molecule has 1 aromatic heterocycles. The number of ether oxygens (including phenoxy) is 2. The van der Waals surface area contributed by atoms with Crippen molar-refractivity contribution in [3.8, 4) is 11.5 Å².